The van der Waals surface area contributed by atoms with E-state index < -0.39 is 0 Å². The second-order valence-corrected chi connectivity index (χ2v) is 7.36. The molecule has 1 amide bonds. The third kappa shape index (κ3) is 6.92. The molecule has 0 aliphatic rings. The standard InChI is InChI=1S/C19H23NO3S2/c1-23-18(21)9-3-2-6-11-20-19(22)16-7-4-5-8-17(16)25-14-15-10-12-24-13-15/h4-5,7-8,10,12-13H,2-3,6,9,11,14H2,1H3,(H,20,22). The van der Waals surface area contributed by atoms with Gasteiger partial charge in [-0.3, -0.25) is 9.59 Å². The van der Waals surface area contributed by atoms with Crippen LogP contribution in [0.3, 0.4) is 0 Å². The van der Waals surface area contributed by atoms with Crippen LogP contribution in [0.4, 0.5) is 0 Å². The second kappa shape index (κ2) is 10.9. The SMILES string of the molecule is COC(=O)CCCCCNC(=O)c1ccccc1SCc1ccsc1. The molecule has 2 rings (SSSR count). The van der Waals surface area contributed by atoms with E-state index in [2.05, 4.69) is 26.9 Å². The van der Waals surface area contributed by atoms with Crippen molar-refractivity contribution in [1.29, 1.82) is 0 Å². The molecule has 1 aromatic carbocycles. The Hall–Kier alpha value is -1.79. The fraction of sp³-hybridized carbons (Fsp3) is 0.368. The summed E-state index contributed by atoms with van der Waals surface area (Å²) in [6.07, 6.45) is 2.97. The zero-order valence-electron chi connectivity index (χ0n) is 14.3. The highest BCUT2D eigenvalue weighted by atomic mass is 32.2. The molecule has 6 heteroatoms. The number of carbonyl (C=O) groups excluding carboxylic acids is 2. The summed E-state index contributed by atoms with van der Waals surface area (Å²) < 4.78 is 4.61. The van der Waals surface area contributed by atoms with Gasteiger partial charge in [0.15, 0.2) is 0 Å². The Balaban J connectivity index is 1.76. The van der Waals surface area contributed by atoms with E-state index in [-0.39, 0.29) is 11.9 Å². The van der Waals surface area contributed by atoms with E-state index in [0.717, 1.165) is 35.5 Å². The average molecular weight is 378 g/mol. The summed E-state index contributed by atoms with van der Waals surface area (Å²) in [7, 11) is 1.40. The minimum Gasteiger partial charge on any atom is -0.469 e. The molecule has 2 aromatic rings. The van der Waals surface area contributed by atoms with Crippen LogP contribution < -0.4 is 5.32 Å². The number of ether oxygens (including phenoxy) is 1. The van der Waals surface area contributed by atoms with Crippen LogP contribution >= 0.6 is 23.1 Å². The molecule has 0 unspecified atom stereocenters. The number of thiophene rings is 1. The number of unbranched alkanes of at least 4 members (excludes halogenated alkanes) is 2. The molecule has 1 N–H and O–H groups in total. The number of benzene rings is 1. The van der Waals surface area contributed by atoms with Gasteiger partial charge in [-0.15, -0.1) is 11.8 Å². The number of hydrogen-bond donors (Lipinski definition) is 1. The number of rotatable bonds is 10. The van der Waals surface area contributed by atoms with E-state index in [1.807, 2.05) is 24.3 Å². The maximum absolute atomic E-state index is 12.4. The lowest BCUT2D eigenvalue weighted by Gasteiger charge is -2.09. The first-order chi connectivity index (χ1) is 12.2. The number of methoxy groups -OCH3 is 1. The smallest absolute Gasteiger partial charge is 0.305 e. The lowest BCUT2D eigenvalue weighted by atomic mass is 10.2. The van der Waals surface area contributed by atoms with Crippen molar-refractivity contribution in [3.63, 3.8) is 0 Å². The van der Waals surface area contributed by atoms with E-state index in [9.17, 15) is 9.59 Å². The number of thioether (sulfide) groups is 1. The molecule has 0 atom stereocenters. The van der Waals surface area contributed by atoms with Crippen LogP contribution in [0, 0.1) is 0 Å². The highest BCUT2D eigenvalue weighted by Crippen LogP contribution is 2.27. The lowest BCUT2D eigenvalue weighted by molar-refractivity contribution is -0.140. The molecule has 0 fully saturated rings. The summed E-state index contributed by atoms with van der Waals surface area (Å²) in [4.78, 5) is 24.4. The molecular weight excluding hydrogens is 354 g/mol. The van der Waals surface area contributed by atoms with Crippen LogP contribution in [-0.2, 0) is 15.3 Å². The van der Waals surface area contributed by atoms with Crippen molar-refractivity contribution in [3.8, 4) is 0 Å². The molecule has 134 valence electrons. The minimum absolute atomic E-state index is 0.0404. The molecule has 0 bridgehead atoms. The van der Waals surface area contributed by atoms with Gasteiger partial charge in [0.1, 0.15) is 0 Å². The Morgan fingerprint density at radius 1 is 1.16 bits per heavy atom. The van der Waals surface area contributed by atoms with Crippen LogP contribution in [0.25, 0.3) is 0 Å². The Labute approximate surface area is 157 Å². The maximum Gasteiger partial charge on any atom is 0.305 e. The van der Waals surface area contributed by atoms with Crippen molar-refractivity contribution < 1.29 is 14.3 Å². The van der Waals surface area contributed by atoms with E-state index >= 15 is 0 Å². The normalized spacial score (nSPS) is 10.4. The van der Waals surface area contributed by atoms with Crippen molar-refractivity contribution in [3.05, 3.63) is 52.2 Å². The average Bonchev–Trinajstić information content (AvgIpc) is 3.16. The van der Waals surface area contributed by atoms with Crippen molar-refractivity contribution in [2.45, 2.75) is 36.3 Å². The van der Waals surface area contributed by atoms with E-state index in [4.69, 9.17) is 0 Å². The van der Waals surface area contributed by atoms with Crippen molar-refractivity contribution in [2.75, 3.05) is 13.7 Å². The molecule has 0 radical (unpaired) electrons. The fourth-order valence-electron chi connectivity index (χ4n) is 2.29. The summed E-state index contributed by atoms with van der Waals surface area (Å²) in [6.45, 7) is 0.615. The molecule has 0 saturated carbocycles. The van der Waals surface area contributed by atoms with E-state index in [0.29, 0.717) is 13.0 Å². The van der Waals surface area contributed by atoms with Gasteiger partial charge in [0.2, 0.25) is 0 Å². The highest BCUT2D eigenvalue weighted by molar-refractivity contribution is 7.98. The van der Waals surface area contributed by atoms with Gasteiger partial charge in [0, 0.05) is 23.6 Å². The second-order valence-electron chi connectivity index (χ2n) is 5.56. The summed E-state index contributed by atoms with van der Waals surface area (Å²) in [6, 6.07) is 9.80. The molecule has 0 spiro atoms. The minimum atomic E-state index is -0.180. The first-order valence-electron chi connectivity index (χ1n) is 8.28. The van der Waals surface area contributed by atoms with E-state index in [1.54, 1.807) is 23.1 Å². The van der Waals surface area contributed by atoms with Gasteiger partial charge in [-0.05, 0) is 47.4 Å². The molecule has 0 aliphatic carbocycles. The van der Waals surface area contributed by atoms with Crippen molar-refractivity contribution >= 4 is 35.0 Å². The number of carbonyl (C=O) groups is 2. The molecule has 0 saturated heterocycles. The predicted molar refractivity (Wildman–Crippen MR) is 103 cm³/mol. The van der Waals surface area contributed by atoms with Crippen LogP contribution in [0.1, 0.15) is 41.6 Å². The quantitative estimate of drug-likeness (QED) is 0.376. The summed E-state index contributed by atoms with van der Waals surface area (Å²) in [5.74, 6) is 0.642. The van der Waals surface area contributed by atoms with Crippen LogP contribution in [-0.4, -0.2) is 25.5 Å². The van der Waals surface area contributed by atoms with Crippen molar-refractivity contribution in [2.24, 2.45) is 0 Å². The first-order valence-corrected chi connectivity index (χ1v) is 10.2. The fourth-order valence-corrected chi connectivity index (χ4v) is 4.05. The van der Waals surface area contributed by atoms with Gasteiger partial charge < -0.3 is 10.1 Å². The van der Waals surface area contributed by atoms with Gasteiger partial charge in [-0.25, -0.2) is 0 Å². The molecular formula is C19H23NO3S2. The zero-order valence-corrected chi connectivity index (χ0v) is 16.0. The third-order valence-corrected chi connectivity index (χ3v) is 5.55. The highest BCUT2D eigenvalue weighted by Gasteiger charge is 2.11. The summed E-state index contributed by atoms with van der Waals surface area (Å²) >= 11 is 3.36. The maximum atomic E-state index is 12.4. The molecule has 0 aliphatic heterocycles. The molecule has 1 aromatic heterocycles. The largest absolute Gasteiger partial charge is 0.469 e. The third-order valence-electron chi connectivity index (χ3n) is 3.68. The number of esters is 1. The Morgan fingerprint density at radius 3 is 2.76 bits per heavy atom. The Morgan fingerprint density at radius 2 is 2.00 bits per heavy atom. The number of hydrogen-bond acceptors (Lipinski definition) is 5. The topological polar surface area (TPSA) is 55.4 Å². The van der Waals surface area contributed by atoms with Crippen LogP contribution in [0.2, 0.25) is 0 Å². The molecule has 25 heavy (non-hydrogen) atoms. The Bertz CT molecular complexity index is 671. The van der Waals surface area contributed by atoms with Crippen LogP contribution in [0.5, 0.6) is 0 Å². The monoisotopic (exact) mass is 377 g/mol. The van der Waals surface area contributed by atoms with Crippen molar-refractivity contribution in [1.82, 2.24) is 5.32 Å². The molecule has 1 heterocycles. The Kier molecular flexibility index (Phi) is 8.55. The summed E-state index contributed by atoms with van der Waals surface area (Å²) in [5, 5.41) is 7.16. The van der Waals surface area contributed by atoms with Gasteiger partial charge in [-0.1, -0.05) is 18.6 Å². The van der Waals surface area contributed by atoms with Gasteiger partial charge in [0.05, 0.1) is 12.7 Å². The lowest BCUT2D eigenvalue weighted by Crippen LogP contribution is -2.25. The first kappa shape index (κ1) is 19.5. The zero-order chi connectivity index (χ0) is 17.9. The van der Waals surface area contributed by atoms with Gasteiger partial charge in [-0.2, -0.15) is 11.3 Å². The molecule has 4 nitrogen and oxygen atoms in total. The van der Waals surface area contributed by atoms with Gasteiger partial charge >= 0.3 is 5.97 Å². The number of amides is 1. The number of nitrogens with one attached hydrogen (secondary N) is 1. The summed E-state index contributed by atoms with van der Waals surface area (Å²) in [5.41, 5.74) is 1.99. The van der Waals surface area contributed by atoms with Crippen LogP contribution in [0.15, 0.2) is 46.0 Å². The van der Waals surface area contributed by atoms with E-state index in [1.165, 1.54) is 12.7 Å². The van der Waals surface area contributed by atoms with Gasteiger partial charge in [0.25, 0.3) is 5.91 Å². The predicted octanol–water partition coefficient (Wildman–Crippen LogP) is 4.50.